The number of carbonyl (C=O) groups excluding carboxylic acids is 1. The zero-order valence-corrected chi connectivity index (χ0v) is 7.36. The maximum atomic E-state index is 10.8. The van der Waals surface area contributed by atoms with Crippen LogP contribution in [0.25, 0.3) is 0 Å². The van der Waals surface area contributed by atoms with Crippen LogP contribution < -0.4 is 5.32 Å². The second-order valence-electron chi connectivity index (χ2n) is 2.60. The van der Waals surface area contributed by atoms with Crippen molar-refractivity contribution in [1.82, 2.24) is 20.5 Å². The SMILES string of the molecule is O=C(O)CC(=O)NCCc1ncn[nH]1. The Bertz CT molecular complexity index is 309. The van der Waals surface area contributed by atoms with Crippen molar-refractivity contribution in [2.75, 3.05) is 6.54 Å². The number of rotatable bonds is 5. The fourth-order valence-electron chi connectivity index (χ4n) is 0.871. The van der Waals surface area contributed by atoms with Gasteiger partial charge in [-0.05, 0) is 0 Å². The quantitative estimate of drug-likeness (QED) is 0.522. The molecule has 0 radical (unpaired) electrons. The number of hydrogen-bond acceptors (Lipinski definition) is 4. The molecule has 0 saturated carbocycles. The second-order valence-corrected chi connectivity index (χ2v) is 2.60. The lowest BCUT2D eigenvalue weighted by Crippen LogP contribution is -2.27. The first-order valence-electron chi connectivity index (χ1n) is 4.01. The molecule has 1 amide bonds. The molecule has 1 rings (SSSR count). The van der Waals surface area contributed by atoms with Crippen LogP contribution in [0.1, 0.15) is 12.2 Å². The number of nitrogens with zero attached hydrogens (tertiary/aromatic N) is 2. The number of aliphatic carboxylic acids is 1. The second kappa shape index (κ2) is 4.95. The first-order chi connectivity index (χ1) is 6.68. The van der Waals surface area contributed by atoms with Crippen LogP contribution in [-0.4, -0.2) is 38.7 Å². The molecule has 1 heterocycles. The topological polar surface area (TPSA) is 108 Å². The van der Waals surface area contributed by atoms with E-state index in [9.17, 15) is 9.59 Å². The minimum atomic E-state index is -1.14. The molecule has 3 N–H and O–H groups in total. The predicted octanol–water partition coefficient (Wildman–Crippen LogP) is -1.06. The lowest BCUT2D eigenvalue weighted by Gasteiger charge is -2.00. The Morgan fingerprint density at radius 2 is 2.36 bits per heavy atom. The molecule has 0 aliphatic heterocycles. The number of carbonyl (C=O) groups is 2. The number of carboxylic acids is 1. The molecule has 0 atom stereocenters. The molecular formula is C7H10N4O3. The zero-order chi connectivity index (χ0) is 10.4. The van der Waals surface area contributed by atoms with Gasteiger partial charge in [0.05, 0.1) is 0 Å². The molecule has 1 aromatic heterocycles. The van der Waals surface area contributed by atoms with E-state index in [2.05, 4.69) is 20.5 Å². The van der Waals surface area contributed by atoms with E-state index in [-0.39, 0.29) is 0 Å². The molecule has 14 heavy (non-hydrogen) atoms. The molecule has 0 spiro atoms. The van der Waals surface area contributed by atoms with E-state index in [1.165, 1.54) is 6.33 Å². The largest absolute Gasteiger partial charge is 0.481 e. The maximum Gasteiger partial charge on any atom is 0.312 e. The minimum Gasteiger partial charge on any atom is -0.481 e. The molecule has 0 aliphatic rings. The predicted molar refractivity (Wildman–Crippen MR) is 45.3 cm³/mol. The van der Waals surface area contributed by atoms with Crippen LogP contribution in [0.5, 0.6) is 0 Å². The summed E-state index contributed by atoms with van der Waals surface area (Å²) in [6.45, 7) is 0.349. The lowest BCUT2D eigenvalue weighted by atomic mass is 10.3. The molecule has 7 nitrogen and oxygen atoms in total. The molecule has 0 saturated heterocycles. The van der Waals surface area contributed by atoms with Gasteiger partial charge in [0.15, 0.2) is 0 Å². The van der Waals surface area contributed by atoms with E-state index in [0.717, 1.165) is 0 Å². The summed E-state index contributed by atoms with van der Waals surface area (Å²) < 4.78 is 0. The van der Waals surface area contributed by atoms with E-state index in [1.807, 2.05) is 0 Å². The Labute approximate surface area is 79.5 Å². The number of nitrogens with one attached hydrogen (secondary N) is 2. The number of aromatic amines is 1. The molecule has 0 bridgehead atoms. The highest BCUT2D eigenvalue weighted by Crippen LogP contribution is 1.86. The molecule has 1 aromatic rings. The number of aromatic nitrogens is 3. The normalized spacial score (nSPS) is 9.71. The van der Waals surface area contributed by atoms with Gasteiger partial charge in [0.2, 0.25) is 5.91 Å². The van der Waals surface area contributed by atoms with E-state index in [4.69, 9.17) is 5.11 Å². The first-order valence-corrected chi connectivity index (χ1v) is 4.01. The van der Waals surface area contributed by atoms with E-state index < -0.39 is 18.3 Å². The molecule has 0 unspecified atom stereocenters. The van der Waals surface area contributed by atoms with Crippen molar-refractivity contribution >= 4 is 11.9 Å². The van der Waals surface area contributed by atoms with E-state index in [1.54, 1.807) is 0 Å². The van der Waals surface area contributed by atoms with Gasteiger partial charge in [-0.1, -0.05) is 0 Å². The third kappa shape index (κ3) is 3.65. The molecule has 0 fully saturated rings. The summed E-state index contributed by atoms with van der Waals surface area (Å²) in [7, 11) is 0. The summed E-state index contributed by atoms with van der Waals surface area (Å²) in [6.07, 6.45) is 1.37. The summed E-state index contributed by atoms with van der Waals surface area (Å²) in [5, 5.41) is 17.0. The molecule has 76 valence electrons. The van der Waals surface area contributed by atoms with Crippen molar-refractivity contribution in [3.05, 3.63) is 12.2 Å². The lowest BCUT2D eigenvalue weighted by molar-refractivity contribution is -0.140. The van der Waals surface area contributed by atoms with Gasteiger partial charge in [0.25, 0.3) is 0 Å². The number of hydrogen-bond donors (Lipinski definition) is 3. The Hall–Kier alpha value is -1.92. The molecule has 0 aliphatic carbocycles. The van der Waals surface area contributed by atoms with Gasteiger partial charge in [0, 0.05) is 13.0 Å². The number of carboxylic acid groups (broad SMARTS) is 1. The van der Waals surface area contributed by atoms with Crippen LogP contribution in [0.15, 0.2) is 6.33 Å². The fourth-order valence-corrected chi connectivity index (χ4v) is 0.871. The van der Waals surface area contributed by atoms with Gasteiger partial charge >= 0.3 is 5.97 Å². The van der Waals surface area contributed by atoms with Crippen LogP contribution in [-0.2, 0) is 16.0 Å². The van der Waals surface area contributed by atoms with Crippen molar-refractivity contribution < 1.29 is 14.7 Å². The smallest absolute Gasteiger partial charge is 0.312 e. The minimum absolute atomic E-state index is 0.349. The first kappa shape index (κ1) is 10.2. The van der Waals surface area contributed by atoms with Gasteiger partial charge in [-0.3, -0.25) is 14.7 Å². The van der Waals surface area contributed by atoms with Crippen molar-refractivity contribution in [3.8, 4) is 0 Å². The van der Waals surface area contributed by atoms with Gasteiger partial charge in [-0.15, -0.1) is 0 Å². The molecule has 7 heteroatoms. The van der Waals surface area contributed by atoms with E-state index >= 15 is 0 Å². The van der Waals surface area contributed by atoms with Crippen LogP contribution in [0, 0.1) is 0 Å². The average Bonchev–Trinajstić information content (AvgIpc) is 2.55. The molecular weight excluding hydrogens is 188 g/mol. The van der Waals surface area contributed by atoms with Crippen molar-refractivity contribution in [1.29, 1.82) is 0 Å². The maximum absolute atomic E-state index is 10.8. The Balaban J connectivity index is 2.15. The standard InChI is InChI=1S/C7H10N4O3/c12-6(3-7(13)14)8-2-1-5-9-4-10-11-5/h4H,1-3H2,(H,8,12)(H,13,14)(H,9,10,11). The fraction of sp³-hybridized carbons (Fsp3) is 0.429. The van der Waals surface area contributed by atoms with Crippen LogP contribution in [0.3, 0.4) is 0 Å². The van der Waals surface area contributed by atoms with Crippen LogP contribution >= 0.6 is 0 Å². The summed E-state index contributed by atoms with van der Waals surface area (Å²) in [6, 6.07) is 0. The van der Waals surface area contributed by atoms with Gasteiger partial charge in [-0.25, -0.2) is 4.98 Å². The molecule has 0 aromatic carbocycles. The van der Waals surface area contributed by atoms with E-state index in [0.29, 0.717) is 18.8 Å². The van der Waals surface area contributed by atoms with Crippen molar-refractivity contribution in [3.63, 3.8) is 0 Å². The summed E-state index contributed by atoms with van der Waals surface area (Å²) in [5.74, 6) is -0.986. The Kier molecular flexibility index (Phi) is 3.59. The summed E-state index contributed by atoms with van der Waals surface area (Å²) in [4.78, 5) is 24.8. The average molecular weight is 198 g/mol. The Morgan fingerprint density at radius 3 is 2.93 bits per heavy atom. The highest BCUT2D eigenvalue weighted by Gasteiger charge is 2.06. The highest BCUT2D eigenvalue weighted by molar-refractivity contribution is 5.93. The summed E-state index contributed by atoms with van der Waals surface area (Å²) in [5.41, 5.74) is 0. The number of H-pyrrole nitrogens is 1. The van der Waals surface area contributed by atoms with Crippen molar-refractivity contribution in [2.45, 2.75) is 12.8 Å². The van der Waals surface area contributed by atoms with Crippen molar-refractivity contribution in [2.24, 2.45) is 0 Å². The van der Waals surface area contributed by atoms with Crippen LogP contribution in [0.2, 0.25) is 0 Å². The Morgan fingerprint density at radius 1 is 1.57 bits per heavy atom. The van der Waals surface area contributed by atoms with Gasteiger partial charge in [-0.2, -0.15) is 5.10 Å². The third-order valence-electron chi connectivity index (χ3n) is 1.46. The van der Waals surface area contributed by atoms with Crippen LogP contribution in [0.4, 0.5) is 0 Å². The highest BCUT2D eigenvalue weighted by atomic mass is 16.4. The monoisotopic (exact) mass is 198 g/mol. The third-order valence-corrected chi connectivity index (χ3v) is 1.46. The summed E-state index contributed by atoms with van der Waals surface area (Å²) >= 11 is 0. The zero-order valence-electron chi connectivity index (χ0n) is 7.36. The number of amides is 1. The van der Waals surface area contributed by atoms with Gasteiger partial charge < -0.3 is 10.4 Å². The van der Waals surface area contributed by atoms with Gasteiger partial charge in [0.1, 0.15) is 18.6 Å².